The van der Waals surface area contributed by atoms with E-state index in [-0.39, 0.29) is 12.2 Å². The Morgan fingerprint density at radius 3 is 2.71 bits per heavy atom. The molecule has 17 heavy (non-hydrogen) atoms. The fourth-order valence-corrected chi connectivity index (χ4v) is 1.57. The Morgan fingerprint density at radius 1 is 1.29 bits per heavy atom. The summed E-state index contributed by atoms with van der Waals surface area (Å²) in [6.45, 7) is 3.97. The number of aromatic nitrogens is 1. The van der Waals surface area contributed by atoms with E-state index < -0.39 is 0 Å². The van der Waals surface area contributed by atoms with Crippen LogP contribution in [0.2, 0.25) is 0 Å². The molecule has 0 atom stereocenters. The third kappa shape index (κ3) is 2.81. The second-order valence-electron chi connectivity index (χ2n) is 4.05. The highest BCUT2D eigenvalue weighted by Gasteiger charge is 2.12. The number of rotatable bonds is 4. The molecule has 0 amide bonds. The van der Waals surface area contributed by atoms with Gasteiger partial charge in [-0.25, -0.2) is 0 Å². The first-order valence-corrected chi connectivity index (χ1v) is 5.72. The van der Waals surface area contributed by atoms with Crippen LogP contribution in [-0.4, -0.2) is 10.8 Å². The lowest BCUT2D eigenvalue weighted by molar-refractivity contribution is 0.0963. The monoisotopic (exact) mass is 229 g/mol. The predicted molar refractivity (Wildman–Crippen MR) is 65.1 cm³/mol. The summed E-state index contributed by atoms with van der Waals surface area (Å²) in [5.74, 6) is 1.23. The predicted octanol–water partition coefficient (Wildman–Crippen LogP) is 2.97. The van der Waals surface area contributed by atoms with E-state index in [9.17, 15) is 4.79 Å². The summed E-state index contributed by atoms with van der Waals surface area (Å²) in [6.07, 6.45) is 2.86. The molecule has 2 aromatic rings. The highest BCUT2D eigenvalue weighted by atomic mass is 16.3. The first-order valence-electron chi connectivity index (χ1n) is 5.72. The third-order valence-electron chi connectivity index (χ3n) is 2.60. The van der Waals surface area contributed by atoms with Gasteiger partial charge in [0.15, 0.2) is 5.76 Å². The molecule has 2 heterocycles. The summed E-state index contributed by atoms with van der Waals surface area (Å²) in [5.41, 5.74) is 1.86. The van der Waals surface area contributed by atoms with Gasteiger partial charge in [0.2, 0.25) is 5.78 Å². The molecule has 88 valence electrons. The highest BCUT2D eigenvalue weighted by molar-refractivity contribution is 5.94. The Kier molecular flexibility index (Phi) is 3.38. The first-order chi connectivity index (χ1) is 8.19. The van der Waals surface area contributed by atoms with Gasteiger partial charge in [0, 0.05) is 18.3 Å². The van der Waals surface area contributed by atoms with E-state index in [2.05, 4.69) is 4.98 Å². The zero-order chi connectivity index (χ0) is 12.3. The molecule has 0 radical (unpaired) electrons. The Labute approximate surface area is 100 Å². The number of pyridine rings is 1. The zero-order valence-electron chi connectivity index (χ0n) is 10.1. The molecule has 0 fully saturated rings. The quantitative estimate of drug-likeness (QED) is 0.757. The van der Waals surface area contributed by atoms with Crippen LogP contribution in [0, 0.1) is 6.92 Å². The molecule has 0 saturated carbocycles. The maximum Gasteiger partial charge on any atom is 0.203 e. The van der Waals surface area contributed by atoms with Gasteiger partial charge in [-0.05, 0) is 30.7 Å². The van der Waals surface area contributed by atoms with Crippen molar-refractivity contribution in [3.05, 3.63) is 53.2 Å². The van der Waals surface area contributed by atoms with Crippen molar-refractivity contribution in [2.24, 2.45) is 0 Å². The van der Waals surface area contributed by atoms with Gasteiger partial charge in [0.1, 0.15) is 5.76 Å². The maximum absolute atomic E-state index is 11.9. The van der Waals surface area contributed by atoms with Crippen LogP contribution < -0.4 is 0 Å². The number of aryl methyl sites for hydroxylation is 2. The number of Topliss-reactive ketones (excluding diaryl/α,β-unsaturated/α-hetero) is 1. The van der Waals surface area contributed by atoms with Crippen molar-refractivity contribution in [3.63, 3.8) is 0 Å². The number of hydrogen-bond donors (Lipinski definition) is 0. The number of furan rings is 1. The second kappa shape index (κ2) is 4.95. The second-order valence-corrected chi connectivity index (χ2v) is 4.05. The zero-order valence-corrected chi connectivity index (χ0v) is 10.1. The van der Waals surface area contributed by atoms with Crippen molar-refractivity contribution in [1.82, 2.24) is 4.98 Å². The van der Waals surface area contributed by atoms with Crippen molar-refractivity contribution < 1.29 is 9.21 Å². The number of carbonyl (C=O) groups excluding carboxylic acids is 1. The van der Waals surface area contributed by atoms with E-state index in [4.69, 9.17) is 4.42 Å². The van der Waals surface area contributed by atoms with Gasteiger partial charge in [-0.1, -0.05) is 13.0 Å². The van der Waals surface area contributed by atoms with Gasteiger partial charge >= 0.3 is 0 Å². The molecule has 3 nitrogen and oxygen atoms in total. The van der Waals surface area contributed by atoms with Gasteiger partial charge in [0.25, 0.3) is 0 Å². The van der Waals surface area contributed by atoms with Crippen molar-refractivity contribution in [2.75, 3.05) is 0 Å². The summed E-state index contributed by atoms with van der Waals surface area (Å²) >= 11 is 0. The normalized spacial score (nSPS) is 10.5. The third-order valence-corrected chi connectivity index (χ3v) is 2.60. The minimum Gasteiger partial charge on any atom is -0.458 e. The summed E-state index contributed by atoms with van der Waals surface area (Å²) in [4.78, 5) is 16.1. The molecule has 0 unspecified atom stereocenters. The molecule has 0 spiro atoms. The minimum atomic E-state index is -0.0268. The number of nitrogens with zero attached hydrogens (tertiary/aromatic N) is 1. The molecule has 2 rings (SSSR count). The SMILES string of the molecule is CCc1ccc(C(=O)Cc2ccc(C)cn2)o1. The van der Waals surface area contributed by atoms with E-state index in [0.717, 1.165) is 23.4 Å². The molecule has 0 saturated heterocycles. The lowest BCUT2D eigenvalue weighted by Crippen LogP contribution is -2.03. The Morgan fingerprint density at radius 2 is 2.12 bits per heavy atom. The Balaban J connectivity index is 2.08. The van der Waals surface area contributed by atoms with Crippen molar-refractivity contribution in [2.45, 2.75) is 26.7 Å². The van der Waals surface area contributed by atoms with Gasteiger partial charge in [-0.2, -0.15) is 0 Å². The van der Waals surface area contributed by atoms with Crippen LogP contribution in [0.5, 0.6) is 0 Å². The molecule has 0 aliphatic heterocycles. The molecule has 0 aromatic carbocycles. The van der Waals surface area contributed by atoms with Crippen LogP contribution in [0.25, 0.3) is 0 Å². The lowest BCUT2D eigenvalue weighted by atomic mass is 10.1. The van der Waals surface area contributed by atoms with Gasteiger partial charge < -0.3 is 4.42 Å². The summed E-state index contributed by atoms with van der Waals surface area (Å²) in [6, 6.07) is 7.40. The lowest BCUT2D eigenvalue weighted by Gasteiger charge is -1.98. The smallest absolute Gasteiger partial charge is 0.203 e. The van der Waals surface area contributed by atoms with E-state index in [1.165, 1.54) is 0 Å². The van der Waals surface area contributed by atoms with Crippen molar-refractivity contribution >= 4 is 5.78 Å². The van der Waals surface area contributed by atoms with Crippen LogP contribution in [0.1, 0.15) is 34.5 Å². The van der Waals surface area contributed by atoms with E-state index in [1.54, 1.807) is 12.3 Å². The largest absolute Gasteiger partial charge is 0.458 e. The van der Waals surface area contributed by atoms with Crippen molar-refractivity contribution in [3.8, 4) is 0 Å². The summed E-state index contributed by atoms with van der Waals surface area (Å²) in [5, 5.41) is 0. The average Bonchev–Trinajstić information content (AvgIpc) is 2.81. The standard InChI is InChI=1S/C14H15NO2/c1-3-12-6-7-14(17-12)13(16)8-11-5-4-10(2)9-15-11/h4-7,9H,3,8H2,1-2H3. The van der Waals surface area contributed by atoms with E-state index >= 15 is 0 Å². The van der Waals surface area contributed by atoms with Crippen LogP contribution in [0.4, 0.5) is 0 Å². The molecule has 3 heteroatoms. The van der Waals surface area contributed by atoms with Gasteiger partial charge in [-0.3, -0.25) is 9.78 Å². The van der Waals surface area contributed by atoms with Crippen molar-refractivity contribution in [1.29, 1.82) is 0 Å². The minimum absolute atomic E-state index is 0.0268. The summed E-state index contributed by atoms with van der Waals surface area (Å²) < 4.78 is 5.41. The van der Waals surface area contributed by atoms with Gasteiger partial charge in [0.05, 0.1) is 6.42 Å². The molecule has 0 bridgehead atoms. The molecule has 0 aliphatic rings. The molecule has 0 aliphatic carbocycles. The van der Waals surface area contributed by atoms with Crippen LogP contribution in [-0.2, 0) is 12.8 Å². The highest BCUT2D eigenvalue weighted by Crippen LogP contribution is 2.11. The molecular formula is C14H15NO2. The Hall–Kier alpha value is -1.90. The number of carbonyl (C=O) groups is 1. The van der Waals surface area contributed by atoms with Crippen LogP contribution in [0.15, 0.2) is 34.9 Å². The average molecular weight is 229 g/mol. The first kappa shape index (κ1) is 11.6. The van der Waals surface area contributed by atoms with Gasteiger partial charge in [-0.15, -0.1) is 0 Å². The van der Waals surface area contributed by atoms with E-state index in [1.807, 2.05) is 32.0 Å². The molecular weight excluding hydrogens is 214 g/mol. The number of ketones is 1. The topological polar surface area (TPSA) is 43.1 Å². The molecule has 0 N–H and O–H groups in total. The maximum atomic E-state index is 11.9. The van der Waals surface area contributed by atoms with Crippen LogP contribution in [0.3, 0.4) is 0 Å². The number of hydrogen-bond acceptors (Lipinski definition) is 3. The fourth-order valence-electron chi connectivity index (χ4n) is 1.57. The Bertz CT molecular complexity index is 511. The molecule has 2 aromatic heterocycles. The fraction of sp³-hybridized carbons (Fsp3) is 0.286. The van der Waals surface area contributed by atoms with E-state index in [0.29, 0.717) is 5.76 Å². The van der Waals surface area contributed by atoms with Crippen LogP contribution >= 0.6 is 0 Å². The summed E-state index contributed by atoms with van der Waals surface area (Å²) in [7, 11) is 0.